The van der Waals surface area contributed by atoms with Crippen LogP contribution < -0.4 is 0 Å². The molecule has 0 aromatic carbocycles. The SMILES string of the molecule is CCc1cnc(CN2CCC[C@@H](CN3CCN(C)CC3)C2)o1. The molecule has 0 N–H and O–H groups in total. The van der Waals surface area contributed by atoms with Crippen molar-refractivity contribution in [3.8, 4) is 0 Å². The number of aryl methyl sites for hydroxylation is 1. The Morgan fingerprint density at radius 2 is 2.00 bits per heavy atom. The Labute approximate surface area is 134 Å². The zero-order chi connectivity index (χ0) is 15.4. The van der Waals surface area contributed by atoms with Gasteiger partial charge in [-0.15, -0.1) is 0 Å². The van der Waals surface area contributed by atoms with Crippen LogP contribution in [0.25, 0.3) is 0 Å². The minimum atomic E-state index is 0.803. The highest BCUT2D eigenvalue weighted by atomic mass is 16.4. The van der Waals surface area contributed by atoms with Gasteiger partial charge in [0.1, 0.15) is 5.76 Å². The number of piperazine rings is 1. The molecule has 0 bridgehead atoms. The monoisotopic (exact) mass is 306 g/mol. The predicted octanol–water partition coefficient (Wildman–Crippen LogP) is 1.70. The maximum atomic E-state index is 5.76. The highest BCUT2D eigenvalue weighted by Crippen LogP contribution is 2.20. The van der Waals surface area contributed by atoms with Crippen LogP contribution in [-0.4, -0.2) is 72.5 Å². The summed E-state index contributed by atoms with van der Waals surface area (Å²) < 4.78 is 5.76. The lowest BCUT2D eigenvalue weighted by molar-refractivity contribution is 0.0928. The summed E-state index contributed by atoms with van der Waals surface area (Å²) in [6, 6.07) is 0. The molecule has 0 radical (unpaired) electrons. The van der Waals surface area contributed by atoms with Gasteiger partial charge in [-0.1, -0.05) is 6.92 Å². The minimum Gasteiger partial charge on any atom is -0.444 e. The molecule has 1 aromatic rings. The summed E-state index contributed by atoms with van der Waals surface area (Å²) in [6.07, 6.45) is 5.48. The molecule has 1 atom stereocenters. The Kier molecular flexibility index (Phi) is 5.50. The summed E-state index contributed by atoms with van der Waals surface area (Å²) in [5, 5.41) is 0. The molecule has 2 aliphatic rings. The standard InChI is InChI=1S/C17H30N4O/c1-3-16-11-18-17(22-16)14-21-6-4-5-15(13-21)12-20-9-7-19(2)8-10-20/h11,15H,3-10,12-14H2,1-2H3/t15-/m0/s1. The zero-order valence-corrected chi connectivity index (χ0v) is 14.1. The normalized spacial score (nSPS) is 25.6. The Morgan fingerprint density at radius 1 is 1.18 bits per heavy atom. The van der Waals surface area contributed by atoms with Crippen LogP contribution in [0.15, 0.2) is 10.6 Å². The van der Waals surface area contributed by atoms with Crippen molar-refractivity contribution in [2.75, 3.05) is 52.9 Å². The van der Waals surface area contributed by atoms with Crippen molar-refractivity contribution < 1.29 is 4.42 Å². The first-order valence-electron chi connectivity index (χ1n) is 8.79. The van der Waals surface area contributed by atoms with Gasteiger partial charge in [-0.3, -0.25) is 4.90 Å². The van der Waals surface area contributed by atoms with Gasteiger partial charge in [0.05, 0.1) is 12.7 Å². The third kappa shape index (κ3) is 4.31. The fraction of sp³-hybridized carbons (Fsp3) is 0.824. The van der Waals surface area contributed by atoms with Gasteiger partial charge in [-0.05, 0) is 32.4 Å². The van der Waals surface area contributed by atoms with Gasteiger partial charge in [0.25, 0.3) is 0 Å². The number of aromatic nitrogens is 1. The number of nitrogens with zero attached hydrogens (tertiary/aromatic N) is 4. The average molecular weight is 306 g/mol. The van der Waals surface area contributed by atoms with Gasteiger partial charge in [-0.2, -0.15) is 0 Å². The van der Waals surface area contributed by atoms with Crippen LogP contribution in [0, 0.1) is 5.92 Å². The van der Waals surface area contributed by atoms with Gasteiger partial charge in [0.2, 0.25) is 5.89 Å². The van der Waals surface area contributed by atoms with Crippen LogP contribution in [0.5, 0.6) is 0 Å². The van der Waals surface area contributed by atoms with Crippen molar-refractivity contribution in [1.82, 2.24) is 19.7 Å². The second kappa shape index (κ2) is 7.57. The van der Waals surface area contributed by atoms with Crippen LogP contribution in [0.1, 0.15) is 31.4 Å². The van der Waals surface area contributed by atoms with E-state index in [1.54, 1.807) is 0 Å². The Hall–Kier alpha value is -0.910. The Morgan fingerprint density at radius 3 is 2.73 bits per heavy atom. The summed E-state index contributed by atoms with van der Waals surface area (Å²) in [7, 11) is 2.22. The summed E-state index contributed by atoms with van der Waals surface area (Å²) in [6.45, 7) is 11.5. The van der Waals surface area contributed by atoms with Gasteiger partial charge in [-0.25, -0.2) is 4.98 Å². The number of hydrogen-bond acceptors (Lipinski definition) is 5. The third-order valence-electron chi connectivity index (χ3n) is 5.02. The zero-order valence-electron chi connectivity index (χ0n) is 14.1. The fourth-order valence-electron chi connectivity index (χ4n) is 3.62. The lowest BCUT2D eigenvalue weighted by Crippen LogP contribution is -2.48. The Balaban J connectivity index is 1.46. The molecule has 3 rings (SSSR count). The second-order valence-corrected chi connectivity index (χ2v) is 6.92. The molecule has 0 spiro atoms. The number of rotatable bonds is 5. The van der Waals surface area contributed by atoms with E-state index < -0.39 is 0 Å². The lowest BCUT2D eigenvalue weighted by Gasteiger charge is -2.38. The maximum absolute atomic E-state index is 5.76. The smallest absolute Gasteiger partial charge is 0.208 e. The quantitative estimate of drug-likeness (QED) is 0.827. The highest BCUT2D eigenvalue weighted by molar-refractivity contribution is 4.94. The number of piperidine rings is 1. The highest BCUT2D eigenvalue weighted by Gasteiger charge is 2.24. The van der Waals surface area contributed by atoms with Gasteiger partial charge in [0.15, 0.2) is 0 Å². The van der Waals surface area contributed by atoms with E-state index in [0.717, 1.165) is 30.5 Å². The van der Waals surface area contributed by atoms with Crippen molar-refractivity contribution in [3.05, 3.63) is 17.8 Å². The summed E-state index contributed by atoms with van der Waals surface area (Å²) in [5.74, 6) is 2.69. The molecule has 124 valence electrons. The van der Waals surface area contributed by atoms with Gasteiger partial charge in [0, 0.05) is 45.7 Å². The van der Waals surface area contributed by atoms with E-state index in [-0.39, 0.29) is 0 Å². The number of likely N-dealkylation sites (tertiary alicyclic amines) is 1. The van der Waals surface area contributed by atoms with Gasteiger partial charge < -0.3 is 14.2 Å². The molecular formula is C17H30N4O. The molecule has 22 heavy (non-hydrogen) atoms. The molecule has 2 aliphatic heterocycles. The number of likely N-dealkylation sites (N-methyl/N-ethyl adjacent to an activating group) is 1. The molecule has 0 amide bonds. The van der Waals surface area contributed by atoms with E-state index in [2.05, 4.69) is 33.7 Å². The van der Waals surface area contributed by atoms with Crippen molar-refractivity contribution in [2.45, 2.75) is 32.7 Å². The first-order valence-corrected chi connectivity index (χ1v) is 8.79. The van der Waals surface area contributed by atoms with Crippen molar-refractivity contribution in [3.63, 3.8) is 0 Å². The van der Waals surface area contributed by atoms with Gasteiger partial charge >= 0.3 is 0 Å². The molecule has 5 nitrogen and oxygen atoms in total. The van der Waals surface area contributed by atoms with Crippen molar-refractivity contribution >= 4 is 0 Å². The molecule has 0 saturated carbocycles. The molecule has 1 aromatic heterocycles. The Bertz CT molecular complexity index is 453. The second-order valence-electron chi connectivity index (χ2n) is 6.92. The minimum absolute atomic E-state index is 0.803. The van der Waals surface area contributed by atoms with E-state index in [4.69, 9.17) is 4.42 Å². The van der Waals surface area contributed by atoms with E-state index in [1.165, 1.54) is 58.7 Å². The molecule has 0 aliphatic carbocycles. The van der Waals surface area contributed by atoms with Crippen LogP contribution in [0.2, 0.25) is 0 Å². The first-order chi connectivity index (χ1) is 10.7. The third-order valence-corrected chi connectivity index (χ3v) is 5.02. The van der Waals surface area contributed by atoms with Crippen molar-refractivity contribution in [1.29, 1.82) is 0 Å². The summed E-state index contributed by atoms with van der Waals surface area (Å²) >= 11 is 0. The van der Waals surface area contributed by atoms with E-state index in [9.17, 15) is 0 Å². The maximum Gasteiger partial charge on any atom is 0.208 e. The molecule has 3 heterocycles. The molecule has 2 saturated heterocycles. The van der Waals surface area contributed by atoms with Crippen LogP contribution in [0.3, 0.4) is 0 Å². The van der Waals surface area contributed by atoms with Crippen LogP contribution in [0.4, 0.5) is 0 Å². The van der Waals surface area contributed by atoms with E-state index in [1.807, 2.05) is 6.20 Å². The number of hydrogen-bond donors (Lipinski definition) is 0. The summed E-state index contributed by atoms with van der Waals surface area (Å²) in [5.41, 5.74) is 0. The van der Waals surface area contributed by atoms with Crippen LogP contribution in [-0.2, 0) is 13.0 Å². The lowest BCUT2D eigenvalue weighted by atomic mass is 9.97. The molecular weight excluding hydrogens is 276 g/mol. The average Bonchev–Trinajstić information content (AvgIpc) is 2.98. The molecule has 2 fully saturated rings. The van der Waals surface area contributed by atoms with Crippen molar-refractivity contribution in [2.24, 2.45) is 5.92 Å². The molecule has 0 unspecified atom stereocenters. The predicted molar refractivity (Wildman–Crippen MR) is 87.8 cm³/mol. The first kappa shape index (κ1) is 16.0. The van der Waals surface area contributed by atoms with Crippen LogP contribution >= 0.6 is 0 Å². The molecule has 5 heteroatoms. The topological polar surface area (TPSA) is 35.8 Å². The number of oxazole rings is 1. The largest absolute Gasteiger partial charge is 0.444 e. The van der Waals surface area contributed by atoms with E-state index in [0.29, 0.717) is 0 Å². The van der Waals surface area contributed by atoms with E-state index >= 15 is 0 Å². The fourth-order valence-corrected chi connectivity index (χ4v) is 3.62. The summed E-state index contributed by atoms with van der Waals surface area (Å²) in [4.78, 5) is 12.0.